The minimum Gasteiger partial charge on any atom is -0.497 e. The van der Waals surface area contributed by atoms with Crippen LogP contribution < -0.4 is 10.1 Å². The number of benzene rings is 3. The molecule has 1 fully saturated rings. The van der Waals surface area contributed by atoms with E-state index in [0.717, 1.165) is 30.0 Å². The van der Waals surface area contributed by atoms with Crippen LogP contribution in [0.3, 0.4) is 0 Å². The van der Waals surface area contributed by atoms with E-state index in [2.05, 4.69) is 5.32 Å². The van der Waals surface area contributed by atoms with E-state index in [0.29, 0.717) is 23.5 Å². The van der Waals surface area contributed by atoms with Crippen molar-refractivity contribution in [1.29, 1.82) is 0 Å². The number of hydrogen-bond acceptors (Lipinski definition) is 6. The van der Waals surface area contributed by atoms with Gasteiger partial charge in [-0.15, -0.1) is 0 Å². The summed E-state index contributed by atoms with van der Waals surface area (Å²) in [5, 5.41) is 2.73. The van der Waals surface area contributed by atoms with E-state index < -0.39 is 32.5 Å². The molecule has 9 nitrogen and oxygen atoms in total. The molecule has 1 aliphatic rings. The standard InChI is InChI=1S/C29H35N3O6S2/c1-3-25-11-7-8-20-32(25)40(36,37)28-18-16-27(17-19-28)39(34,35)31(21-23-12-14-26(38-2)15-13-23)22-29(33)30-24-9-5-4-6-10-24/h4-6,9-10,12-19,25H,3,7-8,11,20-22H2,1-2H3,(H,30,33)/t25-/m1/s1. The van der Waals surface area contributed by atoms with E-state index >= 15 is 0 Å². The molecule has 1 N–H and O–H groups in total. The number of piperidine rings is 1. The fraction of sp³-hybridized carbons (Fsp3) is 0.345. The number of rotatable bonds is 11. The van der Waals surface area contributed by atoms with E-state index in [1.54, 1.807) is 48.5 Å². The van der Waals surface area contributed by atoms with Crippen molar-refractivity contribution in [2.75, 3.05) is 25.5 Å². The van der Waals surface area contributed by atoms with Crippen LogP contribution in [0.1, 0.15) is 38.2 Å². The van der Waals surface area contributed by atoms with Crippen LogP contribution in [-0.2, 0) is 31.4 Å². The molecular weight excluding hydrogens is 550 g/mol. The number of ether oxygens (including phenoxy) is 1. The molecule has 0 spiro atoms. The lowest BCUT2D eigenvalue weighted by molar-refractivity contribution is -0.116. The Labute approximate surface area is 236 Å². The zero-order valence-electron chi connectivity index (χ0n) is 22.7. The van der Waals surface area contributed by atoms with Gasteiger partial charge < -0.3 is 10.1 Å². The maximum absolute atomic E-state index is 13.8. The number of methoxy groups -OCH3 is 1. The van der Waals surface area contributed by atoms with E-state index in [9.17, 15) is 21.6 Å². The van der Waals surface area contributed by atoms with Crippen LogP contribution in [0.5, 0.6) is 5.75 Å². The molecule has 0 saturated carbocycles. The highest BCUT2D eigenvalue weighted by Gasteiger charge is 2.33. The average Bonchev–Trinajstić information content (AvgIpc) is 2.97. The number of nitrogens with one attached hydrogen (secondary N) is 1. The largest absolute Gasteiger partial charge is 0.497 e. The Kier molecular flexibility index (Phi) is 9.62. The SMILES string of the molecule is CC[C@@H]1CCCCN1S(=O)(=O)c1ccc(S(=O)(=O)N(CC(=O)Nc2ccccc2)Cc2ccc(OC)cc2)cc1. The molecule has 0 bridgehead atoms. The predicted molar refractivity (Wildman–Crippen MR) is 154 cm³/mol. The summed E-state index contributed by atoms with van der Waals surface area (Å²) in [6.45, 7) is 1.92. The van der Waals surface area contributed by atoms with Gasteiger partial charge in [-0.2, -0.15) is 8.61 Å². The molecule has 214 valence electrons. The van der Waals surface area contributed by atoms with Gasteiger partial charge in [0.15, 0.2) is 0 Å². The summed E-state index contributed by atoms with van der Waals surface area (Å²) >= 11 is 0. The molecule has 1 heterocycles. The van der Waals surface area contributed by atoms with Crippen LogP contribution in [0.4, 0.5) is 5.69 Å². The zero-order valence-corrected chi connectivity index (χ0v) is 24.3. The van der Waals surface area contributed by atoms with Crippen LogP contribution in [0.15, 0.2) is 88.7 Å². The Morgan fingerprint density at radius 2 is 1.57 bits per heavy atom. The number of amides is 1. The van der Waals surface area contributed by atoms with Crippen molar-refractivity contribution in [2.45, 2.75) is 55.0 Å². The van der Waals surface area contributed by atoms with Gasteiger partial charge in [0.05, 0.1) is 23.4 Å². The summed E-state index contributed by atoms with van der Waals surface area (Å²) < 4.78 is 62.1. The first kappa shape index (κ1) is 29.7. The molecule has 4 rings (SSSR count). The van der Waals surface area contributed by atoms with Gasteiger partial charge in [0.2, 0.25) is 26.0 Å². The van der Waals surface area contributed by atoms with E-state index in [-0.39, 0.29) is 22.4 Å². The second-order valence-electron chi connectivity index (χ2n) is 9.68. The molecule has 1 amide bonds. The van der Waals surface area contributed by atoms with Crippen molar-refractivity contribution in [3.05, 3.63) is 84.4 Å². The molecule has 1 saturated heterocycles. The Bertz CT molecular complexity index is 1490. The second kappa shape index (κ2) is 12.9. The van der Waals surface area contributed by atoms with Crippen molar-refractivity contribution >= 4 is 31.6 Å². The first-order valence-electron chi connectivity index (χ1n) is 13.2. The lowest BCUT2D eigenvalue weighted by atomic mass is 10.0. The van der Waals surface area contributed by atoms with Gasteiger partial charge in [0.25, 0.3) is 0 Å². The molecule has 1 atom stereocenters. The smallest absolute Gasteiger partial charge is 0.243 e. The van der Waals surface area contributed by atoms with Gasteiger partial charge >= 0.3 is 0 Å². The number of anilines is 1. The molecule has 0 unspecified atom stereocenters. The fourth-order valence-corrected chi connectivity index (χ4v) is 7.96. The van der Waals surface area contributed by atoms with Crippen LogP contribution in [0, 0.1) is 0 Å². The Morgan fingerprint density at radius 3 is 2.20 bits per heavy atom. The van der Waals surface area contributed by atoms with Crippen LogP contribution in [0.2, 0.25) is 0 Å². The van der Waals surface area contributed by atoms with Gasteiger partial charge in [-0.3, -0.25) is 4.79 Å². The van der Waals surface area contributed by atoms with E-state index in [4.69, 9.17) is 4.74 Å². The Hall–Kier alpha value is -3.25. The van der Waals surface area contributed by atoms with E-state index in [1.165, 1.54) is 35.7 Å². The zero-order chi connectivity index (χ0) is 28.8. The number of para-hydroxylation sites is 1. The minimum absolute atomic E-state index is 0.0512. The number of hydrogen-bond donors (Lipinski definition) is 1. The molecule has 1 aliphatic heterocycles. The van der Waals surface area contributed by atoms with E-state index in [1.807, 2.05) is 13.0 Å². The van der Waals surface area contributed by atoms with Crippen molar-refractivity contribution in [3.8, 4) is 5.75 Å². The van der Waals surface area contributed by atoms with Crippen LogP contribution in [-0.4, -0.2) is 57.6 Å². The van der Waals surface area contributed by atoms with Crippen LogP contribution >= 0.6 is 0 Å². The summed E-state index contributed by atoms with van der Waals surface area (Å²) in [6, 6.07) is 20.9. The molecule has 0 aliphatic carbocycles. The minimum atomic E-state index is -4.17. The molecule has 0 radical (unpaired) electrons. The summed E-state index contributed by atoms with van der Waals surface area (Å²) in [7, 11) is -6.40. The summed E-state index contributed by atoms with van der Waals surface area (Å²) in [4.78, 5) is 12.8. The van der Waals surface area contributed by atoms with Gasteiger partial charge in [0.1, 0.15) is 5.75 Å². The van der Waals surface area contributed by atoms with Crippen molar-refractivity contribution in [1.82, 2.24) is 8.61 Å². The topological polar surface area (TPSA) is 113 Å². The van der Waals surface area contributed by atoms with Crippen molar-refractivity contribution < 1.29 is 26.4 Å². The summed E-state index contributed by atoms with van der Waals surface area (Å²) in [6.07, 6.45) is 3.32. The molecule has 3 aromatic carbocycles. The highest BCUT2D eigenvalue weighted by atomic mass is 32.2. The fourth-order valence-electron chi connectivity index (χ4n) is 4.81. The normalized spacial score (nSPS) is 16.5. The summed E-state index contributed by atoms with van der Waals surface area (Å²) in [5.74, 6) is 0.119. The monoisotopic (exact) mass is 585 g/mol. The molecule has 11 heteroatoms. The van der Waals surface area contributed by atoms with Crippen molar-refractivity contribution in [2.24, 2.45) is 0 Å². The quantitative estimate of drug-likeness (QED) is 0.355. The highest BCUT2D eigenvalue weighted by molar-refractivity contribution is 7.89. The predicted octanol–water partition coefficient (Wildman–Crippen LogP) is 4.48. The van der Waals surface area contributed by atoms with Gasteiger partial charge in [-0.25, -0.2) is 16.8 Å². The number of nitrogens with zero attached hydrogens (tertiary/aromatic N) is 2. The van der Waals surface area contributed by atoms with Gasteiger partial charge in [-0.1, -0.05) is 43.7 Å². The lowest BCUT2D eigenvalue weighted by Crippen LogP contribution is -2.43. The third-order valence-corrected chi connectivity index (χ3v) is 10.8. The highest BCUT2D eigenvalue weighted by Crippen LogP contribution is 2.28. The number of carbonyl (C=O) groups is 1. The third kappa shape index (κ3) is 6.90. The van der Waals surface area contributed by atoms with Crippen molar-refractivity contribution in [3.63, 3.8) is 0 Å². The molecule has 0 aromatic heterocycles. The first-order chi connectivity index (χ1) is 19.1. The third-order valence-electron chi connectivity index (χ3n) is 7.01. The van der Waals surface area contributed by atoms with Gasteiger partial charge in [0, 0.05) is 24.8 Å². The molecular formula is C29H35N3O6S2. The van der Waals surface area contributed by atoms with Crippen LogP contribution in [0.25, 0.3) is 0 Å². The Morgan fingerprint density at radius 1 is 0.925 bits per heavy atom. The maximum Gasteiger partial charge on any atom is 0.243 e. The summed E-state index contributed by atoms with van der Waals surface area (Å²) in [5.41, 5.74) is 1.21. The lowest BCUT2D eigenvalue weighted by Gasteiger charge is -2.34. The first-order valence-corrected chi connectivity index (χ1v) is 16.1. The average molecular weight is 586 g/mol. The Balaban J connectivity index is 1.60. The number of sulfonamides is 2. The molecule has 40 heavy (non-hydrogen) atoms. The van der Waals surface area contributed by atoms with Gasteiger partial charge in [-0.05, 0) is 73.4 Å². The number of carbonyl (C=O) groups excluding carboxylic acids is 1. The maximum atomic E-state index is 13.8. The second-order valence-corrected chi connectivity index (χ2v) is 13.5. The molecule has 3 aromatic rings.